The third kappa shape index (κ3) is 3.39. The predicted molar refractivity (Wildman–Crippen MR) is 54.1 cm³/mol. The number of pyridine rings is 1. The van der Waals surface area contributed by atoms with Crippen molar-refractivity contribution in [2.24, 2.45) is 0 Å². The minimum Gasteiger partial charge on any atom is -0.456 e. The van der Waals surface area contributed by atoms with Crippen molar-refractivity contribution in [2.75, 3.05) is 0 Å². The topological polar surface area (TPSA) is 63.0 Å². The Bertz CT molecular complexity index is 396. The number of hydrogen-bond donors (Lipinski definition) is 0. The van der Waals surface area contributed by atoms with Gasteiger partial charge in [-0.15, -0.1) is 0 Å². The molecule has 0 bridgehead atoms. The van der Waals surface area contributed by atoms with E-state index < -0.39 is 11.6 Å². The molecule has 0 spiro atoms. The summed E-state index contributed by atoms with van der Waals surface area (Å²) in [6, 6.07) is 4.89. The fourth-order valence-corrected chi connectivity index (χ4v) is 0.918. The van der Waals surface area contributed by atoms with Crippen LogP contribution < -0.4 is 0 Å². The SMILES string of the molecule is CC(C)(C)OC(=O)c1ccc(C#N)nc1. The number of carbonyl (C=O) groups is 1. The zero-order chi connectivity index (χ0) is 11.5. The Hall–Kier alpha value is -1.89. The number of aromatic nitrogens is 1. The van der Waals surface area contributed by atoms with Gasteiger partial charge in [0.15, 0.2) is 0 Å². The van der Waals surface area contributed by atoms with Crippen molar-refractivity contribution < 1.29 is 9.53 Å². The van der Waals surface area contributed by atoms with Crippen molar-refractivity contribution >= 4 is 5.97 Å². The van der Waals surface area contributed by atoms with Gasteiger partial charge in [-0.2, -0.15) is 5.26 Å². The summed E-state index contributed by atoms with van der Waals surface area (Å²) in [5, 5.41) is 8.52. The maximum absolute atomic E-state index is 11.5. The van der Waals surface area contributed by atoms with Crippen LogP contribution in [0, 0.1) is 11.3 Å². The maximum atomic E-state index is 11.5. The summed E-state index contributed by atoms with van der Waals surface area (Å²) in [5.41, 5.74) is 0.108. The molecular weight excluding hydrogens is 192 g/mol. The van der Waals surface area contributed by atoms with E-state index in [4.69, 9.17) is 10.00 Å². The highest BCUT2D eigenvalue weighted by Crippen LogP contribution is 2.11. The van der Waals surface area contributed by atoms with Gasteiger partial charge in [-0.25, -0.2) is 9.78 Å². The molecule has 0 aliphatic carbocycles. The molecule has 15 heavy (non-hydrogen) atoms. The lowest BCUT2D eigenvalue weighted by Gasteiger charge is -2.19. The van der Waals surface area contributed by atoms with Crippen LogP contribution in [0.15, 0.2) is 18.3 Å². The van der Waals surface area contributed by atoms with Crippen LogP contribution in [0.5, 0.6) is 0 Å². The monoisotopic (exact) mass is 204 g/mol. The second kappa shape index (κ2) is 4.09. The van der Waals surface area contributed by atoms with Gasteiger partial charge in [-0.05, 0) is 32.9 Å². The van der Waals surface area contributed by atoms with Gasteiger partial charge < -0.3 is 4.74 Å². The molecule has 0 atom stereocenters. The zero-order valence-electron chi connectivity index (χ0n) is 8.94. The lowest BCUT2D eigenvalue weighted by Crippen LogP contribution is -2.23. The van der Waals surface area contributed by atoms with E-state index in [-0.39, 0.29) is 5.69 Å². The van der Waals surface area contributed by atoms with Crippen LogP contribution in [0.3, 0.4) is 0 Å². The summed E-state index contributed by atoms with van der Waals surface area (Å²) in [6.45, 7) is 5.38. The van der Waals surface area contributed by atoms with Gasteiger partial charge in [-0.3, -0.25) is 0 Å². The Labute approximate surface area is 88.5 Å². The third-order valence-electron chi connectivity index (χ3n) is 1.51. The van der Waals surface area contributed by atoms with Crippen molar-refractivity contribution in [3.05, 3.63) is 29.6 Å². The van der Waals surface area contributed by atoms with E-state index in [0.29, 0.717) is 5.56 Å². The van der Waals surface area contributed by atoms with Gasteiger partial charge in [0.1, 0.15) is 17.4 Å². The van der Waals surface area contributed by atoms with Gasteiger partial charge in [0.25, 0.3) is 0 Å². The number of nitriles is 1. The van der Waals surface area contributed by atoms with Crippen LogP contribution in [-0.4, -0.2) is 16.6 Å². The van der Waals surface area contributed by atoms with Crippen molar-refractivity contribution in [3.8, 4) is 6.07 Å². The number of hydrogen-bond acceptors (Lipinski definition) is 4. The van der Waals surface area contributed by atoms with E-state index in [1.54, 1.807) is 20.8 Å². The largest absolute Gasteiger partial charge is 0.456 e. The molecular formula is C11H12N2O2. The maximum Gasteiger partial charge on any atom is 0.340 e. The van der Waals surface area contributed by atoms with Crippen LogP contribution in [0.2, 0.25) is 0 Å². The number of esters is 1. The second-order valence-corrected chi connectivity index (χ2v) is 4.05. The van der Waals surface area contributed by atoms with Crippen LogP contribution in [0.1, 0.15) is 36.8 Å². The molecule has 1 aromatic rings. The van der Waals surface area contributed by atoms with Gasteiger partial charge >= 0.3 is 5.97 Å². The Morgan fingerprint density at radius 2 is 2.13 bits per heavy atom. The average Bonchev–Trinajstić information content (AvgIpc) is 2.15. The molecule has 0 aliphatic heterocycles. The Balaban J connectivity index is 2.80. The summed E-state index contributed by atoms with van der Waals surface area (Å²) in [4.78, 5) is 15.3. The Morgan fingerprint density at radius 3 is 2.53 bits per heavy atom. The smallest absolute Gasteiger partial charge is 0.340 e. The summed E-state index contributed by atoms with van der Waals surface area (Å²) in [5.74, 6) is -0.431. The quantitative estimate of drug-likeness (QED) is 0.655. The lowest BCUT2D eigenvalue weighted by molar-refractivity contribution is 0.00691. The first-order valence-electron chi connectivity index (χ1n) is 4.52. The van der Waals surface area contributed by atoms with E-state index in [1.807, 2.05) is 6.07 Å². The molecule has 78 valence electrons. The van der Waals surface area contributed by atoms with Gasteiger partial charge in [-0.1, -0.05) is 0 Å². The minimum absolute atomic E-state index is 0.280. The second-order valence-electron chi connectivity index (χ2n) is 4.05. The third-order valence-corrected chi connectivity index (χ3v) is 1.51. The van der Waals surface area contributed by atoms with E-state index >= 15 is 0 Å². The molecule has 0 N–H and O–H groups in total. The number of rotatable bonds is 1. The van der Waals surface area contributed by atoms with E-state index in [1.165, 1.54) is 18.3 Å². The molecule has 1 aromatic heterocycles. The Morgan fingerprint density at radius 1 is 1.47 bits per heavy atom. The first-order valence-corrected chi connectivity index (χ1v) is 4.52. The number of carbonyl (C=O) groups excluding carboxylic acids is 1. The molecule has 4 nitrogen and oxygen atoms in total. The normalized spacial score (nSPS) is 10.5. The molecule has 0 fully saturated rings. The molecule has 0 unspecified atom stereocenters. The van der Waals surface area contributed by atoms with Crippen LogP contribution >= 0.6 is 0 Å². The van der Waals surface area contributed by atoms with Crippen LogP contribution in [-0.2, 0) is 4.74 Å². The van der Waals surface area contributed by atoms with Gasteiger partial charge in [0.05, 0.1) is 5.56 Å². The first kappa shape index (κ1) is 11.2. The molecule has 0 aliphatic rings. The lowest BCUT2D eigenvalue weighted by atomic mass is 10.2. The predicted octanol–water partition coefficient (Wildman–Crippen LogP) is 1.91. The van der Waals surface area contributed by atoms with Crippen LogP contribution in [0.25, 0.3) is 0 Å². The highest BCUT2D eigenvalue weighted by Gasteiger charge is 2.17. The molecule has 4 heteroatoms. The van der Waals surface area contributed by atoms with Gasteiger partial charge in [0, 0.05) is 6.20 Å². The van der Waals surface area contributed by atoms with Crippen molar-refractivity contribution in [3.63, 3.8) is 0 Å². The van der Waals surface area contributed by atoms with Crippen molar-refractivity contribution in [2.45, 2.75) is 26.4 Å². The standard InChI is InChI=1S/C11H12N2O2/c1-11(2,3)15-10(14)8-4-5-9(6-12)13-7-8/h4-5,7H,1-3H3. The number of ether oxygens (including phenoxy) is 1. The molecule has 0 saturated heterocycles. The van der Waals surface area contributed by atoms with Crippen LogP contribution in [0.4, 0.5) is 0 Å². The fourth-order valence-electron chi connectivity index (χ4n) is 0.918. The van der Waals surface area contributed by atoms with E-state index in [9.17, 15) is 4.79 Å². The molecule has 1 rings (SSSR count). The average molecular weight is 204 g/mol. The van der Waals surface area contributed by atoms with Crippen molar-refractivity contribution in [1.82, 2.24) is 4.98 Å². The van der Waals surface area contributed by atoms with E-state index in [2.05, 4.69) is 4.98 Å². The zero-order valence-corrected chi connectivity index (χ0v) is 8.94. The summed E-state index contributed by atoms with van der Waals surface area (Å²) < 4.78 is 5.14. The summed E-state index contributed by atoms with van der Waals surface area (Å²) in [6.07, 6.45) is 1.34. The summed E-state index contributed by atoms with van der Waals surface area (Å²) >= 11 is 0. The fraction of sp³-hybridized carbons (Fsp3) is 0.364. The van der Waals surface area contributed by atoms with E-state index in [0.717, 1.165) is 0 Å². The molecule has 0 amide bonds. The molecule has 0 radical (unpaired) electrons. The first-order chi connectivity index (χ1) is 6.92. The minimum atomic E-state index is -0.523. The number of nitrogens with zero attached hydrogens (tertiary/aromatic N) is 2. The molecule has 1 heterocycles. The Kier molecular flexibility index (Phi) is 3.05. The van der Waals surface area contributed by atoms with Gasteiger partial charge in [0.2, 0.25) is 0 Å². The highest BCUT2D eigenvalue weighted by atomic mass is 16.6. The van der Waals surface area contributed by atoms with Crippen molar-refractivity contribution in [1.29, 1.82) is 5.26 Å². The molecule has 0 saturated carbocycles. The highest BCUT2D eigenvalue weighted by molar-refractivity contribution is 5.89. The molecule has 0 aromatic carbocycles. The summed E-state index contributed by atoms with van der Waals surface area (Å²) in [7, 11) is 0.